The van der Waals surface area contributed by atoms with Crippen molar-refractivity contribution >= 4 is 36.1 Å². The van der Waals surface area contributed by atoms with Gasteiger partial charge in [-0.1, -0.05) is 25.1 Å². The Bertz CT molecular complexity index is 1340. The number of carbonyl (C=O) groups is 1. The molecule has 1 aliphatic rings. The highest BCUT2D eigenvalue weighted by Crippen LogP contribution is 2.33. The fourth-order valence-corrected chi connectivity index (χ4v) is 4.28. The number of benzene rings is 1. The number of pyridine rings is 2. The molecule has 1 saturated carbocycles. The minimum absolute atomic E-state index is 0. The van der Waals surface area contributed by atoms with Gasteiger partial charge in [-0.3, -0.25) is 14.8 Å². The number of anilines is 1. The highest BCUT2D eigenvalue weighted by atomic mass is 32.1. The molecule has 4 aromatic rings. The van der Waals surface area contributed by atoms with Crippen molar-refractivity contribution in [2.45, 2.75) is 32.1 Å². The third-order valence-corrected chi connectivity index (χ3v) is 6.37. The molecule has 1 aliphatic carbocycles. The lowest BCUT2D eigenvalue weighted by molar-refractivity contribution is 0.0964. The second-order valence-corrected chi connectivity index (χ2v) is 8.93. The predicted molar refractivity (Wildman–Crippen MR) is 144 cm³/mol. The number of aromatic nitrogens is 4. The molecule has 0 saturated heterocycles. The largest absolute Gasteiger partial charge is 0.369 e. The normalized spacial score (nSPS) is 13.7. The van der Waals surface area contributed by atoms with Crippen molar-refractivity contribution in [2.75, 3.05) is 18.9 Å². The van der Waals surface area contributed by atoms with Crippen LogP contribution in [0.1, 0.15) is 47.3 Å². The quantitative estimate of drug-likeness (QED) is 0.374. The third kappa shape index (κ3) is 5.59. The first-order chi connectivity index (χ1) is 16.6. The van der Waals surface area contributed by atoms with Gasteiger partial charge in [0, 0.05) is 54.6 Å². The molecule has 1 amide bonds. The Morgan fingerprint density at radius 1 is 1.06 bits per heavy atom. The minimum Gasteiger partial charge on any atom is -0.369 e. The van der Waals surface area contributed by atoms with Crippen molar-refractivity contribution in [2.24, 2.45) is 5.92 Å². The Hall–Kier alpha value is -3.52. The van der Waals surface area contributed by atoms with E-state index in [4.69, 9.17) is 0 Å². The second-order valence-electron chi connectivity index (χ2n) is 8.93. The van der Waals surface area contributed by atoms with Gasteiger partial charge >= 0.3 is 0 Å². The maximum absolute atomic E-state index is 12.3. The molecule has 0 unspecified atom stereocenters. The van der Waals surface area contributed by atoms with E-state index in [2.05, 4.69) is 49.6 Å². The topological polar surface area (TPSA) is 92.7 Å². The Balaban J connectivity index is 0.00000289. The van der Waals surface area contributed by atoms with Gasteiger partial charge < -0.3 is 10.6 Å². The van der Waals surface area contributed by atoms with E-state index >= 15 is 0 Å². The molecule has 3 heterocycles. The van der Waals surface area contributed by atoms with Gasteiger partial charge in [-0.15, -0.1) is 0 Å². The lowest BCUT2D eigenvalue weighted by atomic mass is 9.96. The van der Waals surface area contributed by atoms with Crippen LogP contribution < -0.4 is 10.6 Å². The number of amides is 1. The number of nitrogens with zero attached hydrogens (tertiary/aromatic N) is 4. The maximum atomic E-state index is 12.3. The number of carbonyl (C=O) groups excluding carboxylic acids is 1. The summed E-state index contributed by atoms with van der Waals surface area (Å²) in [5.74, 6) is 1.61. The smallest absolute Gasteiger partial charge is 0.251 e. The zero-order valence-corrected chi connectivity index (χ0v) is 21.0. The summed E-state index contributed by atoms with van der Waals surface area (Å²) < 4.78 is 0. The van der Waals surface area contributed by atoms with E-state index in [1.807, 2.05) is 30.5 Å². The Morgan fingerprint density at radius 2 is 1.89 bits per heavy atom. The van der Waals surface area contributed by atoms with E-state index in [0.717, 1.165) is 51.6 Å². The molecule has 1 aromatic carbocycles. The summed E-state index contributed by atoms with van der Waals surface area (Å²) in [6, 6.07) is 13.9. The molecule has 35 heavy (non-hydrogen) atoms. The zero-order chi connectivity index (χ0) is 23.5. The van der Waals surface area contributed by atoms with Gasteiger partial charge in [0.25, 0.3) is 5.91 Å². The number of hydrogen-bond donors (Lipinski definition) is 2. The van der Waals surface area contributed by atoms with Crippen LogP contribution >= 0.6 is 13.5 Å². The van der Waals surface area contributed by atoms with Crippen LogP contribution in [0.2, 0.25) is 0 Å². The molecular formula is C27H30N6OS. The second kappa shape index (κ2) is 10.8. The van der Waals surface area contributed by atoms with Gasteiger partial charge in [-0.05, 0) is 48.9 Å². The Labute approximate surface area is 212 Å². The molecule has 5 rings (SSSR count). The Morgan fingerprint density at radius 3 is 2.69 bits per heavy atom. The lowest BCUT2D eigenvalue weighted by Crippen LogP contribution is -2.18. The van der Waals surface area contributed by atoms with Crippen LogP contribution in [0.15, 0.2) is 61.2 Å². The van der Waals surface area contributed by atoms with Crippen LogP contribution in [-0.4, -0.2) is 39.4 Å². The molecule has 1 fully saturated rings. The van der Waals surface area contributed by atoms with Crippen LogP contribution in [0.4, 0.5) is 5.82 Å². The molecule has 2 N–H and O–H groups in total. The summed E-state index contributed by atoms with van der Waals surface area (Å²) in [7, 11) is 1.64. The number of rotatable bonds is 8. The molecule has 0 bridgehead atoms. The van der Waals surface area contributed by atoms with Crippen LogP contribution in [0.5, 0.6) is 0 Å². The van der Waals surface area contributed by atoms with Crippen molar-refractivity contribution in [3.8, 4) is 11.3 Å². The van der Waals surface area contributed by atoms with E-state index in [1.54, 1.807) is 25.6 Å². The monoisotopic (exact) mass is 486 g/mol. The first-order valence-corrected chi connectivity index (χ1v) is 11.7. The number of hydrogen-bond acceptors (Lipinski definition) is 6. The van der Waals surface area contributed by atoms with Gasteiger partial charge in [-0.25, -0.2) is 9.97 Å². The van der Waals surface area contributed by atoms with Gasteiger partial charge in [-0.2, -0.15) is 13.5 Å². The van der Waals surface area contributed by atoms with Gasteiger partial charge in [0.1, 0.15) is 12.1 Å². The van der Waals surface area contributed by atoms with E-state index in [9.17, 15) is 4.79 Å². The fourth-order valence-electron chi connectivity index (χ4n) is 4.28. The van der Waals surface area contributed by atoms with E-state index < -0.39 is 0 Å². The van der Waals surface area contributed by atoms with Crippen molar-refractivity contribution < 1.29 is 4.79 Å². The van der Waals surface area contributed by atoms with Gasteiger partial charge in [0.05, 0.1) is 16.8 Å². The van der Waals surface area contributed by atoms with Crippen LogP contribution in [0.25, 0.3) is 22.2 Å². The summed E-state index contributed by atoms with van der Waals surface area (Å²) in [6.45, 7) is 2.82. The predicted octanol–water partition coefficient (Wildman–Crippen LogP) is 4.73. The summed E-state index contributed by atoms with van der Waals surface area (Å²) in [5.41, 5.74) is 5.63. The van der Waals surface area contributed by atoms with Crippen molar-refractivity contribution in [1.82, 2.24) is 25.3 Å². The molecular weight excluding hydrogens is 456 g/mol. The molecule has 0 aliphatic heterocycles. The summed E-state index contributed by atoms with van der Waals surface area (Å²) in [4.78, 5) is 30.3. The maximum Gasteiger partial charge on any atom is 0.251 e. The average Bonchev–Trinajstić information content (AvgIpc) is 3.70. The highest BCUT2D eigenvalue weighted by Gasteiger charge is 2.22. The molecule has 8 heteroatoms. The average molecular weight is 487 g/mol. The zero-order valence-electron chi connectivity index (χ0n) is 20.0. The summed E-state index contributed by atoms with van der Waals surface area (Å²) in [5, 5.41) is 7.01. The molecule has 7 nitrogen and oxygen atoms in total. The third-order valence-electron chi connectivity index (χ3n) is 6.37. The van der Waals surface area contributed by atoms with E-state index in [0.29, 0.717) is 12.1 Å². The molecule has 1 atom stereocenters. The van der Waals surface area contributed by atoms with Gasteiger partial charge in [0.2, 0.25) is 0 Å². The number of nitrogens with one attached hydrogen (secondary N) is 2. The van der Waals surface area contributed by atoms with Crippen molar-refractivity contribution in [3.05, 3.63) is 78.0 Å². The first kappa shape index (κ1) is 24.6. The van der Waals surface area contributed by atoms with E-state index in [-0.39, 0.29) is 25.3 Å². The van der Waals surface area contributed by atoms with Crippen LogP contribution in [0.3, 0.4) is 0 Å². The first-order valence-electron chi connectivity index (χ1n) is 11.7. The van der Waals surface area contributed by atoms with Crippen LogP contribution in [0, 0.1) is 5.92 Å². The SMILES string of the molecule is CNC(=O)c1ccnc2c([C@H](C)CNc3cc(-c4ccnc(CC5CC5)c4)ncn3)cccc12.S. The molecule has 0 radical (unpaired) electrons. The molecule has 180 valence electrons. The molecule has 3 aromatic heterocycles. The van der Waals surface area contributed by atoms with Gasteiger partial charge in [0.15, 0.2) is 0 Å². The standard InChI is InChI=1S/C27H28N6O.H2S/c1-17(21-4-3-5-22-23(27(34)28-2)9-11-30-26(21)22)15-31-25-14-24(32-16-33-25)19-8-10-29-20(13-19)12-18-6-7-18;/h3-5,8-11,13-14,16-18H,6-7,12,15H2,1-2H3,(H,28,34)(H,31,32,33);1H2/t17-;/m1./s1. The lowest BCUT2D eigenvalue weighted by Gasteiger charge is -2.16. The van der Waals surface area contributed by atoms with E-state index in [1.165, 1.54) is 12.8 Å². The Kier molecular flexibility index (Phi) is 7.60. The van der Waals surface area contributed by atoms with Crippen molar-refractivity contribution in [3.63, 3.8) is 0 Å². The highest BCUT2D eigenvalue weighted by molar-refractivity contribution is 7.59. The minimum atomic E-state index is -0.111. The fraction of sp³-hybridized carbons (Fsp3) is 0.296. The number of para-hydroxylation sites is 1. The number of fused-ring (bicyclic) bond motifs is 1. The van der Waals surface area contributed by atoms with Crippen molar-refractivity contribution in [1.29, 1.82) is 0 Å². The summed E-state index contributed by atoms with van der Waals surface area (Å²) >= 11 is 0. The summed E-state index contributed by atoms with van der Waals surface area (Å²) in [6.07, 6.45) is 8.82. The van der Waals surface area contributed by atoms with Crippen LogP contribution in [-0.2, 0) is 6.42 Å². The molecule has 0 spiro atoms.